The molecule has 0 N–H and O–H groups in total. The van der Waals surface area contributed by atoms with Gasteiger partial charge in [-0.1, -0.05) is 5.92 Å². The van der Waals surface area contributed by atoms with Crippen LogP contribution in [-0.4, -0.2) is 0 Å². The fourth-order valence-corrected chi connectivity index (χ4v) is 1.21. The van der Waals surface area contributed by atoms with E-state index in [-0.39, 0.29) is 0 Å². The summed E-state index contributed by atoms with van der Waals surface area (Å²) in [5, 5.41) is 0. The van der Waals surface area contributed by atoms with Gasteiger partial charge in [-0.25, -0.2) is 0 Å². The Morgan fingerprint density at radius 2 is 1.90 bits per heavy atom. The SMILES string of the molecule is C#Cc1ccc(Br)c(Br)c1. The highest BCUT2D eigenvalue weighted by Crippen LogP contribution is 2.23. The van der Waals surface area contributed by atoms with E-state index in [0.29, 0.717) is 0 Å². The van der Waals surface area contributed by atoms with E-state index >= 15 is 0 Å². The zero-order valence-electron chi connectivity index (χ0n) is 5.07. The molecule has 0 bridgehead atoms. The molecule has 1 rings (SSSR count). The molecule has 2 heteroatoms. The molecule has 0 heterocycles. The van der Waals surface area contributed by atoms with E-state index in [2.05, 4.69) is 37.8 Å². The Hall–Kier alpha value is -0.260. The van der Waals surface area contributed by atoms with E-state index in [9.17, 15) is 0 Å². The average Bonchev–Trinajstić information content (AvgIpc) is 1.95. The van der Waals surface area contributed by atoms with E-state index in [0.717, 1.165) is 14.5 Å². The van der Waals surface area contributed by atoms with Crippen LogP contribution in [0.3, 0.4) is 0 Å². The van der Waals surface area contributed by atoms with E-state index in [4.69, 9.17) is 6.42 Å². The van der Waals surface area contributed by atoms with Gasteiger partial charge in [-0.3, -0.25) is 0 Å². The number of benzene rings is 1. The second-order valence-electron chi connectivity index (χ2n) is 1.77. The maximum atomic E-state index is 5.18. The standard InChI is InChI=1S/C8H4Br2/c1-2-6-3-4-7(9)8(10)5-6/h1,3-5H. The minimum atomic E-state index is 0.884. The molecule has 0 fully saturated rings. The first kappa shape index (κ1) is 7.84. The molecule has 0 aliphatic carbocycles. The average molecular weight is 260 g/mol. The van der Waals surface area contributed by atoms with Crippen molar-refractivity contribution in [2.24, 2.45) is 0 Å². The number of hydrogen-bond donors (Lipinski definition) is 0. The van der Waals surface area contributed by atoms with Gasteiger partial charge in [0.15, 0.2) is 0 Å². The molecule has 0 nitrogen and oxygen atoms in total. The summed E-state index contributed by atoms with van der Waals surface area (Å²) in [7, 11) is 0. The number of halogens is 2. The highest BCUT2D eigenvalue weighted by atomic mass is 79.9. The highest BCUT2D eigenvalue weighted by molar-refractivity contribution is 9.13. The van der Waals surface area contributed by atoms with Gasteiger partial charge in [-0.15, -0.1) is 6.42 Å². The number of hydrogen-bond acceptors (Lipinski definition) is 0. The molecule has 0 atom stereocenters. The zero-order chi connectivity index (χ0) is 7.56. The molecule has 0 aliphatic rings. The van der Waals surface area contributed by atoms with Crippen LogP contribution in [0.15, 0.2) is 27.1 Å². The monoisotopic (exact) mass is 258 g/mol. The summed E-state index contributed by atoms with van der Waals surface area (Å²) < 4.78 is 2.01. The van der Waals surface area contributed by atoms with Crippen LogP contribution in [0.4, 0.5) is 0 Å². The predicted molar refractivity (Wildman–Crippen MR) is 49.8 cm³/mol. The fourth-order valence-electron chi connectivity index (χ4n) is 0.586. The molecule has 0 radical (unpaired) electrons. The topological polar surface area (TPSA) is 0 Å². The Morgan fingerprint density at radius 1 is 1.20 bits per heavy atom. The van der Waals surface area contributed by atoms with Crippen LogP contribution < -0.4 is 0 Å². The van der Waals surface area contributed by atoms with E-state index in [1.54, 1.807) is 0 Å². The first-order valence-electron chi connectivity index (χ1n) is 2.65. The summed E-state index contributed by atoms with van der Waals surface area (Å²) in [4.78, 5) is 0. The Labute approximate surface area is 76.9 Å². The smallest absolute Gasteiger partial charge is 0.0329 e. The van der Waals surface area contributed by atoms with Crippen LogP contribution in [-0.2, 0) is 0 Å². The predicted octanol–water partition coefficient (Wildman–Crippen LogP) is 3.19. The Morgan fingerprint density at radius 3 is 2.40 bits per heavy atom. The summed E-state index contributed by atoms with van der Waals surface area (Å²) in [5.41, 5.74) is 0.884. The van der Waals surface area contributed by atoms with Gasteiger partial charge in [-0.2, -0.15) is 0 Å². The van der Waals surface area contributed by atoms with Crippen molar-refractivity contribution in [3.05, 3.63) is 32.7 Å². The molecular formula is C8H4Br2. The summed E-state index contributed by atoms with van der Waals surface area (Å²) in [6.45, 7) is 0. The van der Waals surface area contributed by atoms with Crippen molar-refractivity contribution in [2.75, 3.05) is 0 Å². The Kier molecular flexibility index (Phi) is 2.53. The third-order valence-corrected chi connectivity index (χ3v) is 2.97. The van der Waals surface area contributed by atoms with Crippen LogP contribution in [0.2, 0.25) is 0 Å². The molecular weight excluding hydrogens is 256 g/mol. The molecule has 50 valence electrons. The normalized spacial score (nSPS) is 8.90. The lowest BCUT2D eigenvalue weighted by atomic mass is 10.2. The van der Waals surface area contributed by atoms with Crippen LogP contribution in [0.25, 0.3) is 0 Å². The second kappa shape index (κ2) is 3.23. The van der Waals surface area contributed by atoms with Gasteiger partial charge >= 0.3 is 0 Å². The van der Waals surface area contributed by atoms with Crippen molar-refractivity contribution in [1.82, 2.24) is 0 Å². The van der Waals surface area contributed by atoms with Crippen molar-refractivity contribution in [3.8, 4) is 12.3 Å². The molecule has 0 saturated carbocycles. The van der Waals surface area contributed by atoms with Crippen molar-refractivity contribution < 1.29 is 0 Å². The first-order chi connectivity index (χ1) is 4.74. The molecule has 0 saturated heterocycles. The highest BCUT2D eigenvalue weighted by Gasteiger charge is 1.94. The van der Waals surface area contributed by atoms with Crippen LogP contribution >= 0.6 is 31.9 Å². The van der Waals surface area contributed by atoms with Crippen LogP contribution in [0, 0.1) is 12.3 Å². The summed E-state index contributed by atoms with van der Waals surface area (Å²) in [5.74, 6) is 2.54. The van der Waals surface area contributed by atoms with Gasteiger partial charge in [0.25, 0.3) is 0 Å². The lowest BCUT2D eigenvalue weighted by Gasteiger charge is -1.94. The summed E-state index contributed by atoms with van der Waals surface area (Å²) in [6.07, 6.45) is 5.18. The van der Waals surface area contributed by atoms with Gasteiger partial charge in [0, 0.05) is 14.5 Å². The minimum Gasteiger partial charge on any atom is -0.115 e. The summed E-state index contributed by atoms with van der Waals surface area (Å²) in [6, 6.07) is 5.69. The largest absolute Gasteiger partial charge is 0.115 e. The van der Waals surface area contributed by atoms with E-state index < -0.39 is 0 Å². The zero-order valence-corrected chi connectivity index (χ0v) is 8.24. The molecule has 0 unspecified atom stereocenters. The van der Waals surface area contributed by atoms with E-state index in [1.165, 1.54) is 0 Å². The maximum Gasteiger partial charge on any atom is 0.0329 e. The molecule has 0 amide bonds. The third kappa shape index (κ3) is 1.62. The maximum absolute atomic E-state index is 5.18. The van der Waals surface area contributed by atoms with Crippen molar-refractivity contribution >= 4 is 31.9 Å². The molecule has 1 aromatic carbocycles. The quantitative estimate of drug-likeness (QED) is 0.628. The Balaban J connectivity index is 3.20. The van der Waals surface area contributed by atoms with Crippen LogP contribution in [0.1, 0.15) is 5.56 Å². The number of terminal acetylenes is 1. The van der Waals surface area contributed by atoms with Gasteiger partial charge in [0.2, 0.25) is 0 Å². The fraction of sp³-hybridized carbons (Fsp3) is 0. The van der Waals surface area contributed by atoms with Gasteiger partial charge in [0.1, 0.15) is 0 Å². The lowest BCUT2D eigenvalue weighted by molar-refractivity contribution is 1.55. The Bertz CT molecular complexity index is 284. The minimum absolute atomic E-state index is 0.884. The van der Waals surface area contributed by atoms with Gasteiger partial charge in [0.05, 0.1) is 0 Å². The first-order valence-corrected chi connectivity index (χ1v) is 4.24. The van der Waals surface area contributed by atoms with Crippen molar-refractivity contribution in [2.45, 2.75) is 0 Å². The third-order valence-electron chi connectivity index (χ3n) is 1.09. The van der Waals surface area contributed by atoms with Crippen LogP contribution in [0.5, 0.6) is 0 Å². The lowest BCUT2D eigenvalue weighted by Crippen LogP contribution is -1.73. The molecule has 10 heavy (non-hydrogen) atoms. The van der Waals surface area contributed by atoms with E-state index in [1.807, 2.05) is 18.2 Å². The molecule has 0 aliphatic heterocycles. The van der Waals surface area contributed by atoms with Crippen molar-refractivity contribution in [3.63, 3.8) is 0 Å². The summed E-state index contributed by atoms with van der Waals surface area (Å²) >= 11 is 6.69. The van der Waals surface area contributed by atoms with Gasteiger partial charge < -0.3 is 0 Å². The van der Waals surface area contributed by atoms with Crippen molar-refractivity contribution in [1.29, 1.82) is 0 Å². The van der Waals surface area contributed by atoms with Gasteiger partial charge in [-0.05, 0) is 50.1 Å². The molecule has 0 aromatic heterocycles. The molecule has 0 spiro atoms. The molecule has 1 aromatic rings. The number of rotatable bonds is 0. The second-order valence-corrected chi connectivity index (χ2v) is 3.48.